The van der Waals surface area contributed by atoms with Crippen LogP contribution in [0.4, 0.5) is 0 Å². The minimum atomic E-state index is -0.868. The van der Waals surface area contributed by atoms with Gasteiger partial charge in [-0.3, -0.25) is 9.59 Å². The van der Waals surface area contributed by atoms with Gasteiger partial charge in [0.2, 0.25) is 0 Å². The second-order valence-electron chi connectivity index (χ2n) is 7.59. The minimum absolute atomic E-state index is 0.113. The number of benzene rings is 2. The number of nitrogens with one attached hydrogen (secondary N) is 1. The highest BCUT2D eigenvalue weighted by Crippen LogP contribution is 2.32. The molecule has 0 saturated heterocycles. The summed E-state index contributed by atoms with van der Waals surface area (Å²) in [5.41, 5.74) is 1.87. The number of amides is 1. The molecule has 1 amide bonds. The lowest BCUT2D eigenvalue weighted by atomic mass is 9.85. The minimum Gasteiger partial charge on any atom is -0.493 e. The van der Waals surface area contributed by atoms with Crippen LogP contribution in [0.3, 0.4) is 0 Å². The molecule has 2 aromatic rings. The van der Waals surface area contributed by atoms with Crippen LogP contribution in [0, 0.1) is 5.92 Å². The van der Waals surface area contributed by atoms with E-state index in [2.05, 4.69) is 5.32 Å². The number of esters is 1. The fraction of sp³-hybridized carbons (Fsp3) is 0.417. The molecule has 5 nitrogen and oxygen atoms in total. The fourth-order valence-electron chi connectivity index (χ4n) is 3.68. The molecule has 0 spiro atoms. The van der Waals surface area contributed by atoms with E-state index in [1.54, 1.807) is 6.92 Å². The van der Waals surface area contributed by atoms with E-state index in [4.69, 9.17) is 9.47 Å². The predicted octanol–water partition coefficient (Wildman–Crippen LogP) is 4.39. The molecule has 154 valence electrons. The average molecular weight is 395 g/mol. The van der Waals surface area contributed by atoms with Crippen molar-refractivity contribution >= 4 is 11.9 Å². The van der Waals surface area contributed by atoms with E-state index in [-0.39, 0.29) is 29.8 Å². The van der Waals surface area contributed by atoms with Crippen LogP contribution in [0.15, 0.2) is 54.6 Å². The first-order chi connectivity index (χ1) is 14.0. The third-order valence-corrected chi connectivity index (χ3v) is 5.56. The monoisotopic (exact) mass is 395 g/mol. The Morgan fingerprint density at radius 3 is 2.52 bits per heavy atom. The summed E-state index contributed by atoms with van der Waals surface area (Å²) < 4.78 is 11.2. The van der Waals surface area contributed by atoms with E-state index in [0.717, 1.165) is 23.3 Å². The normalized spacial score (nSPS) is 18.5. The van der Waals surface area contributed by atoms with Crippen molar-refractivity contribution in [2.75, 3.05) is 6.61 Å². The van der Waals surface area contributed by atoms with E-state index in [1.165, 1.54) is 0 Å². The highest BCUT2D eigenvalue weighted by Gasteiger charge is 2.31. The van der Waals surface area contributed by atoms with E-state index in [1.807, 2.05) is 68.4 Å². The molecule has 1 aliphatic heterocycles. The molecule has 29 heavy (non-hydrogen) atoms. The van der Waals surface area contributed by atoms with Gasteiger partial charge in [-0.1, -0.05) is 68.8 Å². The Bertz CT molecular complexity index is 836. The van der Waals surface area contributed by atoms with Gasteiger partial charge < -0.3 is 14.8 Å². The molecule has 4 unspecified atom stereocenters. The fourth-order valence-corrected chi connectivity index (χ4v) is 3.68. The summed E-state index contributed by atoms with van der Waals surface area (Å²) in [5, 5.41) is 3.01. The van der Waals surface area contributed by atoms with Crippen LogP contribution < -0.4 is 10.1 Å². The third kappa shape index (κ3) is 4.97. The quantitative estimate of drug-likeness (QED) is 0.706. The Hall–Kier alpha value is -2.82. The molecule has 1 aliphatic rings. The zero-order chi connectivity index (χ0) is 20.8. The number of rotatable bonds is 7. The molecule has 3 rings (SSSR count). The van der Waals surface area contributed by atoms with Crippen LogP contribution in [-0.2, 0) is 14.3 Å². The van der Waals surface area contributed by atoms with Crippen molar-refractivity contribution in [1.29, 1.82) is 0 Å². The molecule has 1 heterocycles. The molecule has 2 aromatic carbocycles. The van der Waals surface area contributed by atoms with Crippen molar-refractivity contribution in [2.45, 2.75) is 51.7 Å². The number of hydrogen-bond acceptors (Lipinski definition) is 4. The Morgan fingerprint density at radius 1 is 1.10 bits per heavy atom. The molecule has 0 saturated carbocycles. The van der Waals surface area contributed by atoms with Gasteiger partial charge in [0.25, 0.3) is 5.91 Å². The number of ether oxygens (including phenoxy) is 2. The Balaban J connectivity index is 1.66. The number of carbonyl (C=O) groups is 2. The van der Waals surface area contributed by atoms with Crippen molar-refractivity contribution < 1.29 is 19.1 Å². The smallest absolute Gasteiger partial charge is 0.314 e. The molecular formula is C24H29NO4. The topological polar surface area (TPSA) is 64.6 Å². The third-order valence-electron chi connectivity index (χ3n) is 5.56. The van der Waals surface area contributed by atoms with Gasteiger partial charge in [-0.25, -0.2) is 0 Å². The number of carbonyl (C=O) groups excluding carboxylic acids is 2. The molecule has 1 N–H and O–H groups in total. The number of hydrogen-bond donors (Lipinski definition) is 1. The number of fused-ring (bicyclic) bond motifs is 1. The number of para-hydroxylation sites is 1. The summed E-state index contributed by atoms with van der Waals surface area (Å²) in [6, 6.07) is 17.1. The van der Waals surface area contributed by atoms with Gasteiger partial charge >= 0.3 is 5.97 Å². The Morgan fingerprint density at radius 2 is 1.79 bits per heavy atom. The van der Waals surface area contributed by atoms with Gasteiger partial charge in [0.05, 0.1) is 18.6 Å². The van der Waals surface area contributed by atoms with Crippen LogP contribution in [0.1, 0.15) is 56.7 Å². The molecule has 4 atom stereocenters. The summed E-state index contributed by atoms with van der Waals surface area (Å²) in [6.45, 7) is 6.24. The second kappa shape index (κ2) is 9.59. The first kappa shape index (κ1) is 20.9. The summed E-state index contributed by atoms with van der Waals surface area (Å²) in [5.74, 6) is -0.144. The van der Waals surface area contributed by atoms with Crippen LogP contribution in [0.2, 0.25) is 0 Å². The molecule has 0 aromatic heterocycles. The summed E-state index contributed by atoms with van der Waals surface area (Å²) in [6.07, 6.45) is 0.657. The second-order valence-corrected chi connectivity index (χ2v) is 7.59. The maximum Gasteiger partial charge on any atom is 0.314 e. The van der Waals surface area contributed by atoms with Crippen molar-refractivity contribution in [3.8, 4) is 5.75 Å². The van der Waals surface area contributed by atoms with Gasteiger partial charge in [-0.2, -0.15) is 0 Å². The Kier molecular flexibility index (Phi) is 6.91. The zero-order valence-electron chi connectivity index (χ0n) is 17.3. The lowest BCUT2D eigenvalue weighted by Gasteiger charge is -2.28. The Labute approximate surface area is 172 Å². The lowest BCUT2D eigenvalue weighted by molar-refractivity contribution is -0.157. The summed E-state index contributed by atoms with van der Waals surface area (Å²) >= 11 is 0. The van der Waals surface area contributed by atoms with Gasteiger partial charge in [0.15, 0.2) is 6.10 Å². The van der Waals surface area contributed by atoms with Crippen molar-refractivity contribution in [2.24, 2.45) is 5.92 Å². The van der Waals surface area contributed by atoms with E-state index in [0.29, 0.717) is 13.0 Å². The lowest BCUT2D eigenvalue weighted by Crippen LogP contribution is -2.40. The molecule has 0 fully saturated rings. The molecular weight excluding hydrogens is 366 g/mol. The SMILES string of the molecule is CCC(C)C(C(=O)OC(C)C(=O)NC1CCOc2ccccc21)c1ccccc1. The van der Waals surface area contributed by atoms with E-state index < -0.39 is 6.10 Å². The van der Waals surface area contributed by atoms with Crippen molar-refractivity contribution in [1.82, 2.24) is 5.32 Å². The van der Waals surface area contributed by atoms with Crippen LogP contribution in [0.25, 0.3) is 0 Å². The maximum absolute atomic E-state index is 12.9. The van der Waals surface area contributed by atoms with Crippen LogP contribution >= 0.6 is 0 Å². The first-order valence-electron chi connectivity index (χ1n) is 10.3. The summed E-state index contributed by atoms with van der Waals surface area (Å²) in [7, 11) is 0. The van der Waals surface area contributed by atoms with E-state index in [9.17, 15) is 9.59 Å². The molecule has 5 heteroatoms. The van der Waals surface area contributed by atoms with Gasteiger partial charge in [0.1, 0.15) is 5.75 Å². The molecule has 0 bridgehead atoms. The standard InChI is InChI=1S/C24H29NO4/c1-4-16(2)22(18-10-6-5-7-11-18)24(27)29-17(3)23(26)25-20-14-15-28-21-13-9-8-12-19(20)21/h5-13,16-17,20,22H,4,14-15H2,1-3H3,(H,25,26). The summed E-state index contributed by atoms with van der Waals surface area (Å²) in [4.78, 5) is 25.7. The highest BCUT2D eigenvalue weighted by molar-refractivity contribution is 5.86. The predicted molar refractivity (Wildman–Crippen MR) is 112 cm³/mol. The highest BCUT2D eigenvalue weighted by atomic mass is 16.5. The van der Waals surface area contributed by atoms with Crippen LogP contribution in [0.5, 0.6) is 5.75 Å². The van der Waals surface area contributed by atoms with Crippen molar-refractivity contribution in [3.63, 3.8) is 0 Å². The van der Waals surface area contributed by atoms with Crippen molar-refractivity contribution in [3.05, 3.63) is 65.7 Å². The molecule has 0 radical (unpaired) electrons. The van der Waals surface area contributed by atoms with E-state index >= 15 is 0 Å². The van der Waals surface area contributed by atoms with Crippen LogP contribution in [-0.4, -0.2) is 24.6 Å². The van der Waals surface area contributed by atoms with Gasteiger partial charge in [-0.15, -0.1) is 0 Å². The zero-order valence-corrected chi connectivity index (χ0v) is 17.3. The average Bonchev–Trinajstić information content (AvgIpc) is 2.74. The molecule has 0 aliphatic carbocycles. The first-order valence-corrected chi connectivity index (χ1v) is 10.3. The largest absolute Gasteiger partial charge is 0.493 e. The maximum atomic E-state index is 12.9. The van der Waals surface area contributed by atoms with Gasteiger partial charge in [-0.05, 0) is 24.5 Å². The van der Waals surface area contributed by atoms with Gasteiger partial charge in [0, 0.05) is 12.0 Å².